The molecule has 5 fully saturated rings. The first-order valence-electron chi connectivity index (χ1n) is 19.7. The number of amides is 1. The van der Waals surface area contributed by atoms with Crippen molar-refractivity contribution >= 4 is 11.6 Å². The number of nitrogens with zero attached hydrogens (tertiary/aromatic N) is 5. The fourth-order valence-corrected chi connectivity index (χ4v) is 10.9. The molecule has 6 unspecified atom stereocenters. The van der Waals surface area contributed by atoms with E-state index in [1.54, 1.807) is 0 Å². The molecule has 2 aliphatic carbocycles. The van der Waals surface area contributed by atoms with Crippen LogP contribution in [0.1, 0.15) is 89.0 Å². The molecule has 1 spiro atoms. The SMILES string of the molecule is C=CC(=O)N1CCN(C2(C3CCCCCCC3)NC(OCC3CCCN3C)NC3C[C@]4(CCC32)CN(C)c2cccc(C)c2O4)CC1CC#N. The quantitative estimate of drug-likeness (QED) is 0.385. The number of likely N-dealkylation sites (N-methyl/N-ethyl adjacent to an activating group) is 2. The summed E-state index contributed by atoms with van der Waals surface area (Å²) in [5, 5.41) is 18.2. The smallest absolute Gasteiger partial charge is 0.246 e. The van der Waals surface area contributed by atoms with Crippen LogP contribution in [0.2, 0.25) is 0 Å². The summed E-state index contributed by atoms with van der Waals surface area (Å²) in [6, 6.07) is 9.33. The van der Waals surface area contributed by atoms with Crippen LogP contribution in [0, 0.1) is 30.1 Å². The Morgan fingerprint density at radius 2 is 1.88 bits per heavy atom. The molecule has 50 heavy (non-hydrogen) atoms. The summed E-state index contributed by atoms with van der Waals surface area (Å²) in [7, 11) is 4.44. The van der Waals surface area contributed by atoms with E-state index >= 15 is 0 Å². The number of ether oxygens (including phenoxy) is 2. The first-order valence-corrected chi connectivity index (χ1v) is 19.7. The molecule has 4 heterocycles. The zero-order chi connectivity index (χ0) is 34.9. The molecular weight excluding hydrogens is 626 g/mol. The summed E-state index contributed by atoms with van der Waals surface area (Å²) in [5.41, 5.74) is 1.75. The van der Waals surface area contributed by atoms with Crippen molar-refractivity contribution in [3.8, 4) is 11.8 Å². The van der Waals surface area contributed by atoms with Crippen molar-refractivity contribution < 1.29 is 14.3 Å². The molecule has 1 amide bonds. The standard InChI is InChI=1S/C40H61N7O3/c1-5-36(48)47-24-23-46(26-31(47)19-21-41)40(30-14-9-7-6-8-10-15-30)33-18-20-39(28-45(4)35-17-11-13-29(2)37(35)50-39)25-34(33)42-38(43-40)49-27-32-16-12-22-44(32)3/h5,11,13,17,30-34,38,42-43H,1,6-10,12,14-16,18-20,22-28H2,2-4H3/t31?,32?,33?,34?,38?,39-,40?/m1/s1. The van der Waals surface area contributed by atoms with Gasteiger partial charge in [-0.3, -0.25) is 20.3 Å². The Morgan fingerprint density at radius 1 is 1.08 bits per heavy atom. The first kappa shape index (κ1) is 35.7. The molecule has 274 valence electrons. The van der Waals surface area contributed by atoms with Gasteiger partial charge in [-0.1, -0.05) is 50.8 Å². The number of hydrogen-bond acceptors (Lipinski definition) is 9. The minimum Gasteiger partial charge on any atom is -0.483 e. The van der Waals surface area contributed by atoms with Crippen molar-refractivity contribution in [3.05, 3.63) is 36.4 Å². The number of carbonyl (C=O) groups excluding carboxylic acids is 1. The van der Waals surface area contributed by atoms with Gasteiger partial charge < -0.3 is 24.2 Å². The van der Waals surface area contributed by atoms with Gasteiger partial charge in [-0.05, 0) is 82.7 Å². The second-order valence-corrected chi connectivity index (χ2v) is 16.4. The first-order chi connectivity index (χ1) is 24.3. The summed E-state index contributed by atoms with van der Waals surface area (Å²) >= 11 is 0. The third kappa shape index (κ3) is 6.81. The fourth-order valence-electron chi connectivity index (χ4n) is 10.9. The van der Waals surface area contributed by atoms with Gasteiger partial charge in [0.2, 0.25) is 5.91 Å². The van der Waals surface area contributed by atoms with Crippen molar-refractivity contribution in [2.75, 3.05) is 58.3 Å². The van der Waals surface area contributed by atoms with Crippen LogP contribution >= 0.6 is 0 Å². The molecule has 0 radical (unpaired) electrons. The molecule has 3 saturated heterocycles. The van der Waals surface area contributed by atoms with E-state index in [9.17, 15) is 10.1 Å². The van der Waals surface area contributed by atoms with Gasteiger partial charge in [0.1, 0.15) is 11.4 Å². The molecule has 0 bridgehead atoms. The topological polar surface area (TPSA) is 96.3 Å². The molecule has 7 rings (SSSR count). The molecule has 2 saturated carbocycles. The second kappa shape index (κ2) is 15.1. The number of anilines is 1. The largest absolute Gasteiger partial charge is 0.483 e. The Kier molecular flexibility index (Phi) is 10.8. The van der Waals surface area contributed by atoms with Crippen LogP contribution in [-0.4, -0.2) is 110 Å². The highest BCUT2D eigenvalue weighted by atomic mass is 16.5. The number of carbonyl (C=O) groups is 1. The lowest BCUT2D eigenvalue weighted by atomic mass is 9.62. The highest BCUT2D eigenvalue weighted by molar-refractivity contribution is 5.87. The Labute approximate surface area is 300 Å². The van der Waals surface area contributed by atoms with E-state index in [0.717, 1.165) is 44.6 Å². The van der Waals surface area contributed by atoms with Crippen LogP contribution < -0.4 is 20.3 Å². The number of hydrogen-bond donors (Lipinski definition) is 2. The Bertz CT molecular complexity index is 1410. The van der Waals surface area contributed by atoms with E-state index in [1.165, 1.54) is 75.1 Å². The molecule has 6 aliphatic rings. The molecule has 7 atom stereocenters. The Morgan fingerprint density at radius 3 is 2.62 bits per heavy atom. The predicted molar refractivity (Wildman–Crippen MR) is 197 cm³/mol. The van der Waals surface area contributed by atoms with E-state index in [4.69, 9.17) is 9.47 Å². The van der Waals surface area contributed by atoms with Gasteiger partial charge in [0.15, 0.2) is 6.35 Å². The van der Waals surface area contributed by atoms with Gasteiger partial charge in [0.05, 0.1) is 43.0 Å². The minimum atomic E-state index is -0.327. The highest BCUT2D eigenvalue weighted by Gasteiger charge is 2.61. The highest BCUT2D eigenvalue weighted by Crippen LogP contribution is 2.52. The molecule has 1 aromatic carbocycles. The van der Waals surface area contributed by atoms with Crippen molar-refractivity contribution in [2.24, 2.45) is 11.8 Å². The third-order valence-electron chi connectivity index (χ3n) is 13.4. The van der Waals surface area contributed by atoms with Gasteiger partial charge in [-0.2, -0.15) is 5.26 Å². The molecule has 10 heteroatoms. The van der Waals surface area contributed by atoms with Crippen LogP contribution in [0.3, 0.4) is 0 Å². The predicted octanol–water partition coefficient (Wildman–Crippen LogP) is 4.99. The normalized spacial score (nSPS) is 35.8. The number of fused-ring (bicyclic) bond motifs is 2. The number of likely N-dealkylation sites (tertiary alicyclic amines) is 1. The van der Waals surface area contributed by atoms with E-state index < -0.39 is 0 Å². The number of benzene rings is 1. The molecule has 2 N–H and O–H groups in total. The zero-order valence-corrected chi connectivity index (χ0v) is 30.9. The maximum Gasteiger partial charge on any atom is 0.246 e. The third-order valence-corrected chi connectivity index (χ3v) is 13.4. The lowest BCUT2D eigenvalue weighted by Crippen LogP contribution is -2.82. The van der Waals surface area contributed by atoms with Crippen molar-refractivity contribution in [2.45, 2.75) is 126 Å². The second-order valence-electron chi connectivity index (χ2n) is 16.4. The number of para-hydroxylation sites is 1. The van der Waals surface area contributed by atoms with Crippen molar-refractivity contribution in [1.82, 2.24) is 25.3 Å². The monoisotopic (exact) mass is 687 g/mol. The number of piperazine rings is 1. The van der Waals surface area contributed by atoms with Gasteiger partial charge in [0, 0.05) is 51.1 Å². The average Bonchev–Trinajstić information content (AvgIpc) is 3.51. The summed E-state index contributed by atoms with van der Waals surface area (Å²) in [5.74, 6) is 1.72. The van der Waals surface area contributed by atoms with Crippen molar-refractivity contribution in [3.63, 3.8) is 0 Å². The number of aryl methyl sites for hydroxylation is 1. The van der Waals surface area contributed by atoms with Crippen molar-refractivity contribution in [1.29, 1.82) is 5.26 Å². The Balaban J connectivity index is 1.26. The lowest BCUT2D eigenvalue weighted by molar-refractivity contribution is -0.190. The van der Waals surface area contributed by atoms with Crippen LogP contribution in [0.4, 0.5) is 5.69 Å². The van der Waals surface area contributed by atoms with E-state index in [0.29, 0.717) is 44.0 Å². The minimum absolute atomic E-state index is 0.0725. The van der Waals surface area contributed by atoms with Crippen LogP contribution in [0.25, 0.3) is 0 Å². The Hall–Kier alpha value is -2.68. The van der Waals surface area contributed by atoms with Gasteiger partial charge in [0.25, 0.3) is 0 Å². The van der Waals surface area contributed by atoms with Gasteiger partial charge in [-0.15, -0.1) is 0 Å². The lowest BCUT2D eigenvalue weighted by Gasteiger charge is -2.64. The van der Waals surface area contributed by atoms with Crippen LogP contribution in [-0.2, 0) is 9.53 Å². The van der Waals surface area contributed by atoms with E-state index in [1.807, 2.05) is 4.90 Å². The van der Waals surface area contributed by atoms with Crippen LogP contribution in [0.5, 0.6) is 5.75 Å². The van der Waals surface area contributed by atoms with E-state index in [2.05, 4.69) is 77.2 Å². The summed E-state index contributed by atoms with van der Waals surface area (Å²) < 4.78 is 14.1. The number of nitrogens with one attached hydrogen (secondary N) is 2. The maximum absolute atomic E-state index is 13.0. The van der Waals surface area contributed by atoms with Gasteiger partial charge >= 0.3 is 0 Å². The molecule has 0 aromatic heterocycles. The summed E-state index contributed by atoms with van der Waals surface area (Å²) in [6.07, 6.45) is 15.5. The van der Waals surface area contributed by atoms with Crippen LogP contribution in [0.15, 0.2) is 30.9 Å². The molecule has 1 aromatic rings. The summed E-state index contributed by atoms with van der Waals surface area (Å²) in [6.45, 7) is 10.7. The van der Waals surface area contributed by atoms with E-state index in [-0.39, 0.29) is 35.6 Å². The fraction of sp³-hybridized carbons (Fsp3) is 0.750. The maximum atomic E-state index is 13.0. The zero-order valence-electron chi connectivity index (χ0n) is 30.9. The number of rotatable bonds is 7. The number of nitriles is 1. The van der Waals surface area contributed by atoms with Gasteiger partial charge in [-0.25, -0.2) is 0 Å². The molecule has 10 nitrogen and oxygen atoms in total. The molecular formula is C40H61N7O3. The summed E-state index contributed by atoms with van der Waals surface area (Å²) in [4.78, 5) is 22.5. The average molecular weight is 688 g/mol. The molecule has 4 aliphatic heterocycles.